The van der Waals surface area contributed by atoms with Crippen LogP contribution >= 0.6 is 0 Å². The third-order valence-corrected chi connectivity index (χ3v) is 2.42. The first-order valence-corrected chi connectivity index (χ1v) is 5.89. The molecule has 0 fully saturated rings. The minimum absolute atomic E-state index is 0.0916. The molecule has 0 aromatic heterocycles. The highest BCUT2D eigenvalue weighted by Crippen LogP contribution is 1.97. The largest absolute Gasteiger partial charge is 0.481 e. The minimum Gasteiger partial charge on any atom is -0.481 e. The number of rotatable bonds is 8. The Morgan fingerprint density at radius 1 is 1.35 bits per heavy atom. The van der Waals surface area contributed by atoms with Crippen molar-refractivity contribution < 1.29 is 19.8 Å². The molecule has 0 aromatic carbocycles. The molecule has 0 aliphatic rings. The zero-order valence-corrected chi connectivity index (χ0v) is 10.5. The first-order chi connectivity index (χ1) is 8.02. The van der Waals surface area contributed by atoms with Gasteiger partial charge in [0.1, 0.15) is 0 Å². The topological polar surface area (TPSA) is 89.9 Å². The van der Waals surface area contributed by atoms with Gasteiger partial charge in [-0.1, -0.05) is 20.3 Å². The molecule has 0 saturated heterocycles. The van der Waals surface area contributed by atoms with Gasteiger partial charge in [-0.2, -0.15) is 0 Å². The summed E-state index contributed by atoms with van der Waals surface area (Å²) in [6, 6.07) is -0.319. The highest BCUT2D eigenvalue weighted by Gasteiger charge is 2.15. The summed E-state index contributed by atoms with van der Waals surface area (Å²) in [7, 11) is 0. The molecule has 1 atom stereocenters. The van der Waals surface area contributed by atoms with Crippen LogP contribution in [0, 0.1) is 5.92 Å². The summed E-state index contributed by atoms with van der Waals surface area (Å²) in [5, 5.41) is 20.1. The molecule has 0 aromatic rings. The highest BCUT2D eigenvalue weighted by molar-refractivity contribution is 5.75. The van der Waals surface area contributed by atoms with Crippen molar-refractivity contribution in [2.75, 3.05) is 26.2 Å². The van der Waals surface area contributed by atoms with Crippen LogP contribution in [0.2, 0.25) is 0 Å². The molecule has 17 heavy (non-hydrogen) atoms. The number of carbonyl (C=O) groups excluding carboxylic acids is 1. The van der Waals surface area contributed by atoms with E-state index in [0.29, 0.717) is 6.54 Å². The molecule has 0 heterocycles. The summed E-state index contributed by atoms with van der Waals surface area (Å²) in [5.74, 6) is -1.55. The van der Waals surface area contributed by atoms with Crippen molar-refractivity contribution in [2.45, 2.75) is 26.7 Å². The predicted octanol–water partition coefficient (Wildman–Crippen LogP) is 0.511. The zero-order chi connectivity index (χ0) is 13.3. The summed E-state index contributed by atoms with van der Waals surface area (Å²) in [4.78, 5) is 23.7. The van der Waals surface area contributed by atoms with Gasteiger partial charge in [-0.25, -0.2) is 4.79 Å². The summed E-state index contributed by atoms with van der Waals surface area (Å²) in [6.45, 7) is 4.40. The Morgan fingerprint density at radius 2 is 2.00 bits per heavy atom. The Bertz CT molecular complexity index is 246. The number of carboxylic acids is 1. The zero-order valence-electron chi connectivity index (χ0n) is 10.5. The van der Waals surface area contributed by atoms with Crippen LogP contribution in [-0.4, -0.2) is 53.4 Å². The Hall–Kier alpha value is -1.30. The number of unbranched alkanes of at least 4 members (excludes halogenated alkanes) is 1. The van der Waals surface area contributed by atoms with E-state index in [1.54, 1.807) is 0 Å². The molecule has 0 bridgehead atoms. The van der Waals surface area contributed by atoms with E-state index in [4.69, 9.17) is 10.2 Å². The number of nitrogens with zero attached hydrogens (tertiary/aromatic N) is 1. The fourth-order valence-electron chi connectivity index (χ4n) is 1.22. The molecule has 3 N–H and O–H groups in total. The maximum atomic E-state index is 11.7. The quantitative estimate of drug-likeness (QED) is 0.582. The number of urea groups is 1. The van der Waals surface area contributed by atoms with E-state index >= 15 is 0 Å². The fraction of sp³-hybridized carbons (Fsp3) is 0.818. The van der Waals surface area contributed by atoms with E-state index in [0.717, 1.165) is 12.8 Å². The van der Waals surface area contributed by atoms with Gasteiger partial charge in [0, 0.05) is 19.6 Å². The van der Waals surface area contributed by atoms with Crippen molar-refractivity contribution in [2.24, 2.45) is 5.92 Å². The van der Waals surface area contributed by atoms with Gasteiger partial charge in [0.05, 0.1) is 12.5 Å². The number of aliphatic hydroxyl groups is 1. The Labute approximate surface area is 102 Å². The van der Waals surface area contributed by atoms with Crippen molar-refractivity contribution in [3.05, 3.63) is 0 Å². The molecule has 6 nitrogen and oxygen atoms in total. The number of amides is 2. The molecule has 100 valence electrons. The molecule has 0 radical (unpaired) electrons. The summed E-state index contributed by atoms with van der Waals surface area (Å²) in [5.41, 5.74) is 0. The lowest BCUT2D eigenvalue weighted by atomic mass is 10.2. The number of aliphatic hydroxyl groups excluding tert-OH is 1. The fourth-order valence-corrected chi connectivity index (χ4v) is 1.22. The minimum atomic E-state index is -0.937. The van der Waals surface area contributed by atoms with Crippen LogP contribution in [0.3, 0.4) is 0 Å². The van der Waals surface area contributed by atoms with Gasteiger partial charge in [0.2, 0.25) is 0 Å². The van der Waals surface area contributed by atoms with Gasteiger partial charge in [0.15, 0.2) is 0 Å². The number of hydrogen-bond donors (Lipinski definition) is 3. The van der Waals surface area contributed by atoms with Crippen molar-refractivity contribution >= 4 is 12.0 Å². The summed E-state index contributed by atoms with van der Waals surface area (Å²) < 4.78 is 0. The number of hydrogen-bond acceptors (Lipinski definition) is 3. The third kappa shape index (κ3) is 6.78. The van der Waals surface area contributed by atoms with Crippen molar-refractivity contribution in [1.29, 1.82) is 0 Å². The van der Waals surface area contributed by atoms with Crippen LogP contribution in [0.4, 0.5) is 4.79 Å². The lowest BCUT2D eigenvalue weighted by molar-refractivity contribution is -0.140. The van der Waals surface area contributed by atoms with Crippen LogP contribution in [0.25, 0.3) is 0 Å². The molecule has 0 saturated carbocycles. The van der Waals surface area contributed by atoms with Gasteiger partial charge < -0.3 is 20.4 Å². The average Bonchev–Trinajstić information content (AvgIpc) is 2.30. The maximum Gasteiger partial charge on any atom is 0.317 e. The lowest BCUT2D eigenvalue weighted by Crippen LogP contribution is -2.44. The van der Waals surface area contributed by atoms with E-state index in [2.05, 4.69) is 5.32 Å². The van der Waals surface area contributed by atoms with Crippen molar-refractivity contribution in [3.63, 3.8) is 0 Å². The Balaban J connectivity index is 4.08. The smallest absolute Gasteiger partial charge is 0.317 e. The molecular weight excluding hydrogens is 224 g/mol. The van der Waals surface area contributed by atoms with E-state index in [-0.39, 0.29) is 25.7 Å². The van der Waals surface area contributed by atoms with Crippen LogP contribution in [0.1, 0.15) is 26.7 Å². The van der Waals surface area contributed by atoms with Gasteiger partial charge >= 0.3 is 12.0 Å². The van der Waals surface area contributed by atoms with Gasteiger partial charge in [-0.15, -0.1) is 0 Å². The third-order valence-electron chi connectivity index (χ3n) is 2.42. The Morgan fingerprint density at radius 3 is 2.47 bits per heavy atom. The Kier molecular flexibility index (Phi) is 8.13. The van der Waals surface area contributed by atoms with Gasteiger partial charge in [-0.3, -0.25) is 4.79 Å². The first-order valence-electron chi connectivity index (χ1n) is 5.89. The number of nitrogens with one attached hydrogen (secondary N) is 1. The predicted molar refractivity (Wildman–Crippen MR) is 63.8 cm³/mol. The molecule has 0 aliphatic carbocycles. The van der Waals surface area contributed by atoms with Crippen LogP contribution in [0.5, 0.6) is 0 Å². The van der Waals surface area contributed by atoms with E-state index in [1.165, 1.54) is 11.8 Å². The van der Waals surface area contributed by atoms with E-state index in [1.807, 2.05) is 6.92 Å². The second-order valence-corrected chi connectivity index (χ2v) is 3.99. The summed E-state index contributed by atoms with van der Waals surface area (Å²) in [6.07, 6.45) is 1.82. The standard InChI is InChI=1S/C11H22N2O4/c1-3-4-5-13(6-7-14)11(17)12-8-9(2)10(15)16/h9,14H,3-8H2,1-2H3,(H,12,17)(H,15,16). The average molecular weight is 246 g/mol. The van der Waals surface area contributed by atoms with Gasteiger partial charge in [0.25, 0.3) is 0 Å². The number of carbonyl (C=O) groups is 2. The van der Waals surface area contributed by atoms with Crippen molar-refractivity contribution in [3.8, 4) is 0 Å². The normalized spacial score (nSPS) is 11.9. The second kappa shape index (κ2) is 8.81. The van der Waals surface area contributed by atoms with E-state index < -0.39 is 11.9 Å². The van der Waals surface area contributed by atoms with Gasteiger partial charge in [-0.05, 0) is 6.42 Å². The number of aliphatic carboxylic acids is 1. The second-order valence-electron chi connectivity index (χ2n) is 3.99. The van der Waals surface area contributed by atoms with E-state index in [9.17, 15) is 9.59 Å². The van der Waals surface area contributed by atoms with Crippen LogP contribution in [-0.2, 0) is 4.79 Å². The molecule has 0 spiro atoms. The highest BCUT2D eigenvalue weighted by atomic mass is 16.4. The molecule has 2 amide bonds. The molecule has 1 unspecified atom stereocenters. The molecular formula is C11H22N2O4. The number of carboxylic acid groups (broad SMARTS) is 1. The summed E-state index contributed by atoms with van der Waals surface area (Å²) >= 11 is 0. The van der Waals surface area contributed by atoms with Crippen LogP contribution < -0.4 is 5.32 Å². The van der Waals surface area contributed by atoms with Crippen LogP contribution in [0.15, 0.2) is 0 Å². The lowest BCUT2D eigenvalue weighted by Gasteiger charge is -2.22. The monoisotopic (exact) mass is 246 g/mol. The van der Waals surface area contributed by atoms with Crippen molar-refractivity contribution in [1.82, 2.24) is 10.2 Å². The maximum absolute atomic E-state index is 11.7. The first kappa shape index (κ1) is 15.7. The molecule has 0 aliphatic heterocycles. The molecule has 0 rings (SSSR count). The molecule has 6 heteroatoms. The SMILES string of the molecule is CCCCN(CCO)C(=O)NCC(C)C(=O)O.